The summed E-state index contributed by atoms with van der Waals surface area (Å²) in [6, 6.07) is 7.87. The number of primary amides is 1. The van der Waals surface area contributed by atoms with Gasteiger partial charge in [-0.3, -0.25) is 4.79 Å². The third kappa shape index (κ3) is 4.62. The van der Waals surface area contributed by atoms with E-state index in [4.69, 9.17) is 10.5 Å². The number of hydrogen-bond donors (Lipinski definition) is 2. The smallest absolute Gasteiger partial charge is 0.249 e. The highest BCUT2D eigenvalue weighted by Crippen LogP contribution is 2.36. The molecule has 0 radical (unpaired) electrons. The zero-order valence-corrected chi connectivity index (χ0v) is 19.6. The molecule has 1 fully saturated rings. The topological polar surface area (TPSA) is 71.4 Å². The minimum atomic E-state index is -0.599. The fraction of sp³-hybridized carbons (Fsp3) is 0.346. The van der Waals surface area contributed by atoms with Gasteiger partial charge >= 0.3 is 0 Å². The maximum atomic E-state index is 14.3. The number of amides is 1. The molecule has 180 valence electrons. The Balaban J connectivity index is 0.00000274. The molecule has 2 aliphatic rings. The molecule has 0 spiro atoms. The first-order valence-electron chi connectivity index (χ1n) is 11.5. The van der Waals surface area contributed by atoms with Gasteiger partial charge in [0.25, 0.3) is 0 Å². The number of halogens is 3. The number of fused-ring (bicyclic) bond motifs is 2. The lowest BCUT2D eigenvalue weighted by Crippen LogP contribution is -2.42. The molecule has 1 amide bonds. The minimum Gasteiger partial charge on any atom is -0.484 e. The summed E-state index contributed by atoms with van der Waals surface area (Å²) in [6.45, 7) is 1.11. The van der Waals surface area contributed by atoms with Crippen LogP contribution in [0.5, 0.6) is 5.75 Å². The van der Waals surface area contributed by atoms with Crippen molar-refractivity contribution in [3.05, 3.63) is 70.6 Å². The Morgan fingerprint density at radius 2 is 2.00 bits per heavy atom. The Kier molecular flexibility index (Phi) is 7.12. The van der Waals surface area contributed by atoms with Crippen molar-refractivity contribution >= 4 is 35.3 Å². The second-order valence-electron chi connectivity index (χ2n) is 8.87. The van der Waals surface area contributed by atoms with Crippen molar-refractivity contribution < 1.29 is 18.3 Å². The van der Waals surface area contributed by atoms with Crippen LogP contribution >= 0.6 is 12.4 Å². The fourth-order valence-electron chi connectivity index (χ4n) is 4.81. The molecule has 34 heavy (non-hydrogen) atoms. The standard InChI is InChI=1S/C26H27F2N3O2.ClH/c27-17-7-10-24-21(12-17)16(14-30-24)4-1-2-11-31(18-5-3-6-18)19-13-22-20(26(29)32)8-9-23(28)25(22)33-15-19;/h7-10,12-14,18,30H,1-6,11,15H2,(H2,29,32);1H. The first kappa shape index (κ1) is 24.1. The molecular weight excluding hydrogens is 460 g/mol. The molecule has 0 saturated heterocycles. The first-order chi connectivity index (χ1) is 16.0. The van der Waals surface area contributed by atoms with Crippen molar-refractivity contribution in [2.75, 3.05) is 13.2 Å². The lowest BCUT2D eigenvalue weighted by atomic mass is 9.90. The van der Waals surface area contributed by atoms with Gasteiger partial charge in [0.1, 0.15) is 12.4 Å². The molecule has 2 aromatic carbocycles. The second kappa shape index (κ2) is 10.1. The van der Waals surface area contributed by atoms with Gasteiger partial charge in [-0.25, -0.2) is 8.78 Å². The van der Waals surface area contributed by atoms with E-state index in [1.54, 1.807) is 12.1 Å². The van der Waals surface area contributed by atoms with Crippen molar-refractivity contribution in [3.63, 3.8) is 0 Å². The molecule has 0 unspecified atom stereocenters. The number of benzene rings is 2. The summed E-state index contributed by atoms with van der Waals surface area (Å²) in [7, 11) is 0. The average Bonchev–Trinajstić information content (AvgIpc) is 3.16. The van der Waals surface area contributed by atoms with Crippen molar-refractivity contribution in [1.29, 1.82) is 0 Å². The lowest BCUT2D eigenvalue weighted by Gasteiger charge is -2.41. The molecule has 0 bridgehead atoms. The molecule has 1 aliphatic carbocycles. The minimum absolute atomic E-state index is 0. The van der Waals surface area contributed by atoms with Crippen LogP contribution in [0.15, 0.2) is 42.2 Å². The van der Waals surface area contributed by atoms with E-state index < -0.39 is 11.7 Å². The number of carbonyl (C=O) groups excluding carboxylic acids is 1. The highest BCUT2D eigenvalue weighted by molar-refractivity contribution is 5.98. The third-order valence-electron chi connectivity index (χ3n) is 6.80. The van der Waals surface area contributed by atoms with Gasteiger partial charge in [-0.2, -0.15) is 0 Å². The zero-order valence-electron chi connectivity index (χ0n) is 18.8. The second-order valence-corrected chi connectivity index (χ2v) is 8.87. The molecule has 5 rings (SSSR count). The molecular formula is C26H28ClF2N3O2. The van der Waals surface area contributed by atoms with E-state index in [2.05, 4.69) is 9.88 Å². The van der Waals surface area contributed by atoms with Crippen LogP contribution in [-0.4, -0.2) is 35.0 Å². The van der Waals surface area contributed by atoms with Crippen LogP contribution < -0.4 is 10.5 Å². The molecule has 8 heteroatoms. The average molecular weight is 488 g/mol. The van der Waals surface area contributed by atoms with E-state index in [0.717, 1.165) is 60.8 Å². The van der Waals surface area contributed by atoms with E-state index in [1.165, 1.54) is 24.6 Å². The number of nitrogens with two attached hydrogens (primary N) is 1. The molecule has 3 N–H and O–H groups in total. The molecule has 0 atom stereocenters. The molecule has 1 aromatic heterocycles. The Morgan fingerprint density at radius 3 is 2.74 bits per heavy atom. The lowest BCUT2D eigenvalue weighted by molar-refractivity contribution is 0.0999. The number of carbonyl (C=O) groups is 1. The van der Waals surface area contributed by atoms with Crippen molar-refractivity contribution in [3.8, 4) is 5.75 Å². The first-order valence-corrected chi connectivity index (χ1v) is 11.5. The number of aromatic amines is 1. The van der Waals surface area contributed by atoms with Gasteiger partial charge in [-0.1, -0.05) is 0 Å². The van der Waals surface area contributed by atoms with Crippen LogP contribution in [0.25, 0.3) is 17.0 Å². The van der Waals surface area contributed by atoms with E-state index in [-0.39, 0.29) is 36.1 Å². The summed E-state index contributed by atoms with van der Waals surface area (Å²) in [5.41, 5.74) is 9.23. The SMILES string of the molecule is Cl.NC(=O)c1ccc(F)c2c1C=C(N(CCCCc1c[nH]c3ccc(F)cc13)C1CCC1)CO2. The number of nitrogens with one attached hydrogen (secondary N) is 1. The van der Waals surface area contributed by atoms with Crippen molar-refractivity contribution in [2.24, 2.45) is 5.73 Å². The monoisotopic (exact) mass is 487 g/mol. The van der Waals surface area contributed by atoms with Crippen LogP contribution in [0, 0.1) is 11.6 Å². The number of hydrogen-bond acceptors (Lipinski definition) is 3. The number of H-pyrrole nitrogens is 1. The number of aryl methyl sites for hydroxylation is 1. The van der Waals surface area contributed by atoms with Gasteiger partial charge in [-0.05, 0) is 80.5 Å². The van der Waals surface area contributed by atoms with Gasteiger partial charge in [0, 0.05) is 35.2 Å². The van der Waals surface area contributed by atoms with Crippen molar-refractivity contribution in [1.82, 2.24) is 9.88 Å². The van der Waals surface area contributed by atoms with Crippen molar-refractivity contribution in [2.45, 2.75) is 44.6 Å². The van der Waals surface area contributed by atoms with Crippen LogP contribution in [-0.2, 0) is 6.42 Å². The van der Waals surface area contributed by atoms with Crippen LogP contribution in [0.3, 0.4) is 0 Å². The molecule has 3 aromatic rings. The highest BCUT2D eigenvalue weighted by Gasteiger charge is 2.30. The normalized spacial score (nSPS) is 15.1. The third-order valence-corrected chi connectivity index (χ3v) is 6.80. The van der Waals surface area contributed by atoms with E-state index in [9.17, 15) is 13.6 Å². The van der Waals surface area contributed by atoms with Gasteiger partial charge in [0.05, 0.1) is 11.3 Å². The highest BCUT2D eigenvalue weighted by atomic mass is 35.5. The predicted molar refractivity (Wildman–Crippen MR) is 131 cm³/mol. The summed E-state index contributed by atoms with van der Waals surface area (Å²) in [5, 5.41) is 0.937. The summed E-state index contributed by atoms with van der Waals surface area (Å²) in [5.74, 6) is -1.22. The Hall–Kier alpha value is -3.06. The maximum absolute atomic E-state index is 14.3. The number of rotatable bonds is 8. The van der Waals surface area contributed by atoms with Gasteiger partial charge in [0.15, 0.2) is 11.6 Å². The maximum Gasteiger partial charge on any atom is 0.249 e. The quantitative estimate of drug-likeness (QED) is 0.407. The van der Waals surface area contributed by atoms with Crippen LogP contribution in [0.2, 0.25) is 0 Å². The number of aromatic nitrogens is 1. The van der Waals surface area contributed by atoms with Gasteiger partial charge in [-0.15, -0.1) is 12.4 Å². The van der Waals surface area contributed by atoms with Gasteiger partial charge in [0.2, 0.25) is 5.91 Å². The fourth-order valence-corrected chi connectivity index (χ4v) is 4.81. The summed E-state index contributed by atoms with van der Waals surface area (Å²) >= 11 is 0. The number of unbranched alkanes of at least 4 members (excludes halogenated alkanes) is 1. The summed E-state index contributed by atoms with van der Waals surface area (Å²) in [6.07, 6.45) is 10.00. The molecule has 5 nitrogen and oxygen atoms in total. The molecule has 1 saturated carbocycles. The Bertz CT molecular complexity index is 1240. The zero-order chi connectivity index (χ0) is 22.9. The van der Waals surface area contributed by atoms with E-state index in [0.29, 0.717) is 11.6 Å². The largest absolute Gasteiger partial charge is 0.484 e. The number of ether oxygens (including phenoxy) is 1. The number of nitrogens with zero attached hydrogens (tertiary/aromatic N) is 1. The molecule has 2 heterocycles. The molecule has 1 aliphatic heterocycles. The predicted octanol–water partition coefficient (Wildman–Crippen LogP) is 5.58. The van der Waals surface area contributed by atoms with Crippen LogP contribution in [0.1, 0.15) is 53.6 Å². The van der Waals surface area contributed by atoms with E-state index in [1.807, 2.05) is 12.3 Å². The van der Waals surface area contributed by atoms with Gasteiger partial charge < -0.3 is 20.4 Å². The van der Waals surface area contributed by atoms with Crippen LogP contribution in [0.4, 0.5) is 8.78 Å². The Labute approximate surface area is 203 Å². The summed E-state index contributed by atoms with van der Waals surface area (Å²) in [4.78, 5) is 17.4. The van der Waals surface area contributed by atoms with E-state index >= 15 is 0 Å². The summed E-state index contributed by atoms with van der Waals surface area (Å²) < 4.78 is 33.6. The Morgan fingerprint density at radius 1 is 1.18 bits per heavy atom.